The molecule has 0 saturated heterocycles. The predicted molar refractivity (Wildman–Crippen MR) is 142 cm³/mol. The van der Waals surface area contributed by atoms with E-state index >= 15 is 0 Å². The van der Waals surface area contributed by atoms with E-state index < -0.39 is 11.9 Å². The summed E-state index contributed by atoms with van der Waals surface area (Å²) in [6.45, 7) is 2.72. The first-order valence-electron chi connectivity index (χ1n) is 12.5. The predicted octanol–water partition coefficient (Wildman–Crippen LogP) is 5.71. The largest absolute Gasteiger partial charge is 0.493 e. The van der Waals surface area contributed by atoms with Crippen LogP contribution in [0.4, 0.5) is 8.78 Å². The Morgan fingerprint density at radius 2 is 1.41 bits per heavy atom. The minimum Gasteiger partial charge on any atom is -0.493 e. The lowest BCUT2D eigenvalue weighted by atomic mass is 9.87. The van der Waals surface area contributed by atoms with E-state index in [-0.39, 0.29) is 17.6 Å². The first-order chi connectivity index (χ1) is 18.8. The molecule has 206 valence electrons. The van der Waals surface area contributed by atoms with E-state index in [1.807, 2.05) is 48.5 Å². The quantitative estimate of drug-likeness (QED) is 0.336. The van der Waals surface area contributed by atoms with Crippen molar-refractivity contribution < 1.29 is 38.1 Å². The third-order valence-electron chi connectivity index (χ3n) is 6.26. The lowest BCUT2D eigenvalue weighted by Gasteiger charge is -2.27. The van der Waals surface area contributed by atoms with Crippen molar-refractivity contribution in [1.82, 2.24) is 4.90 Å². The van der Waals surface area contributed by atoms with Crippen LogP contribution in [0.25, 0.3) is 0 Å². The Bertz CT molecular complexity index is 1200. The molecule has 1 aliphatic rings. The number of aliphatic carboxylic acids is 2. The summed E-state index contributed by atoms with van der Waals surface area (Å²) in [5.41, 5.74) is 2.10. The fourth-order valence-electron chi connectivity index (χ4n) is 4.27. The minimum absolute atomic E-state index is 0.107. The summed E-state index contributed by atoms with van der Waals surface area (Å²) in [6, 6.07) is 20.9. The van der Waals surface area contributed by atoms with E-state index in [1.165, 1.54) is 24.3 Å². The molecule has 0 saturated carbocycles. The van der Waals surface area contributed by atoms with Gasteiger partial charge in [-0.05, 0) is 73.0 Å². The highest BCUT2D eigenvalue weighted by molar-refractivity contribution is 6.27. The van der Waals surface area contributed by atoms with Crippen LogP contribution in [0.3, 0.4) is 0 Å². The van der Waals surface area contributed by atoms with Gasteiger partial charge in [-0.1, -0.05) is 36.4 Å². The highest BCUT2D eigenvalue weighted by Gasteiger charge is 2.18. The van der Waals surface area contributed by atoms with Crippen LogP contribution in [-0.2, 0) is 9.59 Å². The molecule has 0 spiro atoms. The number of hydrogen-bond donors (Lipinski definition) is 2. The third kappa shape index (κ3) is 9.22. The zero-order valence-electron chi connectivity index (χ0n) is 21.6. The molecule has 39 heavy (non-hydrogen) atoms. The van der Waals surface area contributed by atoms with Gasteiger partial charge >= 0.3 is 11.9 Å². The molecule has 4 rings (SSSR count). The summed E-state index contributed by atoms with van der Waals surface area (Å²) < 4.78 is 38.3. The molecule has 7 nitrogen and oxygen atoms in total. The van der Waals surface area contributed by atoms with Crippen molar-refractivity contribution in [2.75, 3.05) is 26.7 Å². The molecule has 0 radical (unpaired) electrons. The first-order valence-corrected chi connectivity index (χ1v) is 12.5. The molecule has 0 amide bonds. The van der Waals surface area contributed by atoms with E-state index in [4.69, 9.17) is 29.3 Å². The Kier molecular flexibility index (Phi) is 11.0. The summed E-state index contributed by atoms with van der Waals surface area (Å²) >= 11 is 0. The lowest BCUT2D eigenvalue weighted by molar-refractivity contribution is -0.159. The summed E-state index contributed by atoms with van der Waals surface area (Å²) in [7, 11) is 1.64. The van der Waals surface area contributed by atoms with Crippen LogP contribution in [0.1, 0.15) is 36.3 Å². The van der Waals surface area contributed by atoms with Gasteiger partial charge in [-0.2, -0.15) is 0 Å². The number of carboxylic acids is 2. The molecular weight excluding hydrogens is 508 g/mol. The Morgan fingerprint density at radius 3 is 1.87 bits per heavy atom. The number of rotatable bonds is 9. The van der Waals surface area contributed by atoms with Crippen molar-refractivity contribution in [2.45, 2.75) is 25.2 Å². The van der Waals surface area contributed by atoms with Crippen molar-refractivity contribution in [2.24, 2.45) is 0 Å². The molecule has 3 aromatic rings. The maximum absolute atomic E-state index is 13.4. The lowest BCUT2D eigenvalue weighted by Crippen LogP contribution is -2.30. The fourth-order valence-corrected chi connectivity index (χ4v) is 4.27. The number of ether oxygens (including phenoxy) is 2. The number of hydrogen-bond acceptors (Lipinski definition) is 5. The number of carboxylic acid groups (broad SMARTS) is 2. The monoisotopic (exact) mass is 539 g/mol. The molecule has 0 bridgehead atoms. The van der Waals surface area contributed by atoms with Gasteiger partial charge in [-0.15, -0.1) is 0 Å². The second-order valence-corrected chi connectivity index (χ2v) is 8.88. The Labute approximate surface area is 225 Å². The first kappa shape index (κ1) is 29.3. The summed E-state index contributed by atoms with van der Waals surface area (Å²) in [4.78, 5) is 20.6. The SMILES string of the molecule is COc1ccccc1OC1=CCN(CCCC(c2ccc(F)cc2)c2ccc(F)cc2)CC1.O=C(O)C(=O)O. The van der Waals surface area contributed by atoms with Crippen molar-refractivity contribution in [3.63, 3.8) is 0 Å². The zero-order chi connectivity index (χ0) is 28.2. The van der Waals surface area contributed by atoms with E-state index in [9.17, 15) is 8.78 Å². The summed E-state index contributed by atoms with van der Waals surface area (Å²) in [5.74, 6) is -1.60. The van der Waals surface area contributed by atoms with Crippen molar-refractivity contribution >= 4 is 11.9 Å². The second kappa shape index (κ2) is 14.6. The molecular formula is C30H31F2NO6. The van der Waals surface area contributed by atoms with E-state index in [0.717, 1.165) is 67.3 Å². The normalized spacial score (nSPS) is 13.2. The van der Waals surface area contributed by atoms with Gasteiger partial charge in [0.05, 0.1) is 7.11 Å². The van der Waals surface area contributed by atoms with Crippen LogP contribution in [0.2, 0.25) is 0 Å². The average molecular weight is 540 g/mol. The molecule has 1 aliphatic heterocycles. The van der Waals surface area contributed by atoms with E-state index in [0.29, 0.717) is 0 Å². The molecule has 0 aliphatic carbocycles. The number of methoxy groups -OCH3 is 1. The van der Waals surface area contributed by atoms with Gasteiger partial charge in [0, 0.05) is 25.4 Å². The van der Waals surface area contributed by atoms with Crippen LogP contribution < -0.4 is 9.47 Å². The minimum atomic E-state index is -1.82. The van der Waals surface area contributed by atoms with Gasteiger partial charge in [0.2, 0.25) is 0 Å². The number of halogens is 2. The van der Waals surface area contributed by atoms with Gasteiger partial charge in [-0.3, -0.25) is 4.90 Å². The zero-order valence-corrected chi connectivity index (χ0v) is 21.6. The van der Waals surface area contributed by atoms with Crippen molar-refractivity contribution in [1.29, 1.82) is 0 Å². The molecule has 0 unspecified atom stereocenters. The number of benzene rings is 3. The van der Waals surface area contributed by atoms with Gasteiger partial charge in [-0.25, -0.2) is 18.4 Å². The van der Waals surface area contributed by atoms with Crippen molar-refractivity contribution in [3.8, 4) is 11.5 Å². The number of carbonyl (C=O) groups is 2. The van der Waals surface area contributed by atoms with E-state index in [1.54, 1.807) is 7.11 Å². The van der Waals surface area contributed by atoms with Gasteiger partial charge in [0.15, 0.2) is 11.5 Å². The van der Waals surface area contributed by atoms with Gasteiger partial charge < -0.3 is 19.7 Å². The smallest absolute Gasteiger partial charge is 0.414 e. The highest BCUT2D eigenvalue weighted by atomic mass is 19.1. The average Bonchev–Trinajstić information content (AvgIpc) is 2.94. The molecule has 0 fully saturated rings. The van der Waals surface area contributed by atoms with Crippen LogP contribution >= 0.6 is 0 Å². The highest BCUT2D eigenvalue weighted by Crippen LogP contribution is 2.31. The standard InChI is InChI=1S/C28H29F2NO2.C2H2O4/c1-32-27-6-2-3-7-28(27)33-25-16-19-31(20-17-25)18-4-5-26(21-8-12-23(29)13-9-21)22-10-14-24(30)15-11-22;3-1(4)2(5)6/h2-3,6-16,26H,4-5,17-20H2,1H3;(H,3,4)(H,5,6). The molecule has 2 N–H and O–H groups in total. The second-order valence-electron chi connectivity index (χ2n) is 8.88. The Hall–Kier alpha value is -4.24. The molecule has 9 heteroatoms. The summed E-state index contributed by atoms with van der Waals surface area (Å²) in [5, 5.41) is 14.8. The maximum Gasteiger partial charge on any atom is 0.414 e. The Morgan fingerprint density at radius 1 is 0.872 bits per heavy atom. The Balaban J connectivity index is 0.000000631. The molecule has 3 aromatic carbocycles. The molecule has 1 heterocycles. The van der Waals surface area contributed by atoms with Crippen LogP contribution in [0, 0.1) is 11.6 Å². The van der Waals surface area contributed by atoms with E-state index in [2.05, 4.69) is 11.0 Å². The maximum atomic E-state index is 13.4. The van der Waals surface area contributed by atoms with Crippen molar-refractivity contribution in [3.05, 3.63) is 107 Å². The topological polar surface area (TPSA) is 96.3 Å². The molecule has 0 aromatic heterocycles. The summed E-state index contributed by atoms with van der Waals surface area (Å²) in [6.07, 6.45) is 4.86. The number of nitrogens with zero attached hydrogens (tertiary/aromatic N) is 1. The third-order valence-corrected chi connectivity index (χ3v) is 6.26. The van der Waals surface area contributed by atoms with Crippen LogP contribution in [-0.4, -0.2) is 53.8 Å². The number of para-hydroxylation sites is 2. The van der Waals surface area contributed by atoms with Crippen LogP contribution in [0.5, 0.6) is 11.5 Å². The van der Waals surface area contributed by atoms with Gasteiger partial charge in [0.25, 0.3) is 0 Å². The van der Waals surface area contributed by atoms with Crippen LogP contribution in [0.15, 0.2) is 84.6 Å². The van der Waals surface area contributed by atoms with Gasteiger partial charge in [0.1, 0.15) is 17.4 Å². The fraction of sp³-hybridized carbons (Fsp3) is 0.267. The molecule has 0 atom stereocenters.